The van der Waals surface area contributed by atoms with Gasteiger partial charge in [-0.1, -0.05) is 47.7 Å². The van der Waals surface area contributed by atoms with Gasteiger partial charge in [0.05, 0.1) is 31.2 Å². The highest BCUT2D eigenvalue weighted by molar-refractivity contribution is 6.30. The molecule has 3 rings (SSSR count). The lowest BCUT2D eigenvalue weighted by atomic mass is 9.91. The maximum atomic E-state index is 13.9. The predicted octanol–water partition coefficient (Wildman–Crippen LogP) is 4.58. The van der Waals surface area contributed by atoms with E-state index in [0.717, 1.165) is 18.7 Å². The number of benzene rings is 2. The third-order valence-corrected chi connectivity index (χ3v) is 5.21. The molecular formula is C24H24ClFN2O2. The zero-order valence-electron chi connectivity index (χ0n) is 16.7. The minimum atomic E-state index is -0.560. The van der Waals surface area contributed by atoms with E-state index in [9.17, 15) is 9.18 Å². The molecule has 0 bridgehead atoms. The van der Waals surface area contributed by atoms with Crippen LogP contribution in [-0.4, -0.2) is 49.2 Å². The Labute approximate surface area is 181 Å². The highest BCUT2D eigenvalue weighted by atomic mass is 35.5. The fraction of sp³-hybridized carbons (Fsp3) is 0.333. The van der Waals surface area contributed by atoms with Gasteiger partial charge in [-0.3, -0.25) is 9.69 Å². The Balaban J connectivity index is 1.68. The number of nitrogens with one attached hydrogen (secondary N) is 1. The van der Waals surface area contributed by atoms with Gasteiger partial charge in [0.25, 0.3) is 0 Å². The van der Waals surface area contributed by atoms with Gasteiger partial charge in [-0.2, -0.15) is 0 Å². The van der Waals surface area contributed by atoms with Crippen molar-refractivity contribution in [1.29, 1.82) is 5.41 Å². The molecule has 2 aromatic rings. The maximum absolute atomic E-state index is 13.9. The third-order valence-electron chi connectivity index (χ3n) is 4.95. The fourth-order valence-corrected chi connectivity index (χ4v) is 3.41. The number of morpholine rings is 1. The van der Waals surface area contributed by atoms with Gasteiger partial charge in [-0.15, -0.1) is 0 Å². The Morgan fingerprint density at radius 2 is 1.87 bits per heavy atom. The highest BCUT2D eigenvalue weighted by Gasteiger charge is 2.17. The number of nitrogens with zero attached hydrogens (tertiary/aromatic N) is 1. The fourth-order valence-electron chi connectivity index (χ4n) is 3.28. The van der Waals surface area contributed by atoms with Crippen molar-refractivity contribution in [3.05, 3.63) is 70.5 Å². The Bertz CT molecular complexity index is 944. The van der Waals surface area contributed by atoms with E-state index in [1.54, 1.807) is 18.2 Å². The van der Waals surface area contributed by atoms with Crippen LogP contribution in [0.5, 0.6) is 0 Å². The lowest BCUT2D eigenvalue weighted by Gasteiger charge is -2.24. The first-order valence-corrected chi connectivity index (χ1v) is 10.3. The number of carbonyl (C=O) groups is 1. The smallest absolute Gasteiger partial charge is 0.171 e. The molecular weight excluding hydrogens is 403 g/mol. The molecule has 0 saturated carbocycles. The van der Waals surface area contributed by atoms with Crippen LogP contribution >= 0.6 is 11.6 Å². The summed E-state index contributed by atoms with van der Waals surface area (Å²) in [4.78, 5) is 14.6. The number of ether oxygens (including phenoxy) is 1. The van der Waals surface area contributed by atoms with E-state index in [4.69, 9.17) is 21.7 Å². The number of Topliss-reactive ketones (excluding diaryl/α,β-unsaturated/α-hetero) is 1. The van der Waals surface area contributed by atoms with E-state index in [2.05, 4.69) is 16.7 Å². The van der Waals surface area contributed by atoms with Gasteiger partial charge in [0.2, 0.25) is 0 Å². The summed E-state index contributed by atoms with van der Waals surface area (Å²) in [7, 11) is 0. The van der Waals surface area contributed by atoms with E-state index in [1.807, 2.05) is 12.1 Å². The van der Waals surface area contributed by atoms with Crippen molar-refractivity contribution in [3.8, 4) is 11.8 Å². The molecule has 1 atom stereocenters. The molecule has 6 heteroatoms. The first kappa shape index (κ1) is 22.2. The first-order valence-electron chi connectivity index (χ1n) is 9.91. The molecule has 1 unspecified atom stereocenters. The van der Waals surface area contributed by atoms with Crippen LogP contribution in [-0.2, 0) is 4.74 Å². The van der Waals surface area contributed by atoms with Crippen LogP contribution in [0.25, 0.3) is 0 Å². The van der Waals surface area contributed by atoms with Crippen LogP contribution in [0, 0.1) is 23.1 Å². The van der Waals surface area contributed by atoms with Crippen molar-refractivity contribution in [2.75, 3.05) is 32.8 Å². The number of hydrogen-bond acceptors (Lipinski definition) is 4. The standard InChI is InChI=1S/C24H24ClFN2O2/c25-20-9-7-18(8-10-20)19(4-3-11-28-12-14-30-15-13-28)16-21(27)17-24(29)22-5-1-2-6-23(22)26/h1-2,5-10,19,27H,11-17H2. The summed E-state index contributed by atoms with van der Waals surface area (Å²) < 4.78 is 19.2. The summed E-state index contributed by atoms with van der Waals surface area (Å²) in [6.45, 7) is 3.77. The lowest BCUT2D eigenvalue weighted by molar-refractivity contribution is 0.0443. The molecule has 2 aromatic carbocycles. The minimum Gasteiger partial charge on any atom is -0.379 e. The lowest BCUT2D eigenvalue weighted by Crippen LogP contribution is -2.36. The largest absolute Gasteiger partial charge is 0.379 e. The summed E-state index contributed by atoms with van der Waals surface area (Å²) in [6.07, 6.45) is 0.175. The van der Waals surface area contributed by atoms with Gasteiger partial charge in [0, 0.05) is 36.7 Å². The molecule has 156 valence electrons. The van der Waals surface area contributed by atoms with Crippen molar-refractivity contribution in [3.63, 3.8) is 0 Å². The average molecular weight is 427 g/mol. The maximum Gasteiger partial charge on any atom is 0.171 e. The second-order valence-electron chi connectivity index (χ2n) is 7.20. The number of hydrogen-bond donors (Lipinski definition) is 1. The molecule has 30 heavy (non-hydrogen) atoms. The quantitative estimate of drug-likeness (QED) is 0.400. The van der Waals surface area contributed by atoms with Crippen LogP contribution in [0.2, 0.25) is 5.02 Å². The number of carbonyl (C=O) groups excluding carboxylic acids is 1. The van der Waals surface area contributed by atoms with Gasteiger partial charge in [0.15, 0.2) is 5.78 Å². The van der Waals surface area contributed by atoms with Crippen molar-refractivity contribution in [2.45, 2.75) is 18.8 Å². The van der Waals surface area contributed by atoms with Gasteiger partial charge in [0.1, 0.15) is 5.82 Å². The first-order chi connectivity index (χ1) is 14.5. The number of ketones is 1. The number of rotatable bonds is 7. The molecule has 4 nitrogen and oxygen atoms in total. The van der Waals surface area contributed by atoms with Gasteiger partial charge in [-0.05, 0) is 29.8 Å². The summed E-state index contributed by atoms with van der Waals surface area (Å²) in [6, 6.07) is 13.2. The monoisotopic (exact) mass is 426 g/mol. The Morgan fingerprint density at radius 3 is 2.57 bits per heavy atom. The van der Waals surface area contributed by atoms with Crippen molar-refractivity contribution in [2.24, 2.45) is 0 Å². The van der Waals surface area contributed by atoms with Gasteiger partial charge >= 0.3 is 0 Å². The molecule has 0 amide bonds. The van der Waals surface area contributed by atoms with Crippen LogP contribution < -0.4 is 0 Å². The van der Waals surface area contributed by atoms with Crippen molar-refractivity contribution < 1.29 is 13.9 Å². The molecule has 1 fully saturated rings. The third kappa shape index (κ3) is 6.50. The molecule has 1 N–H and O–H groups in total. The topological polar surface area (TPSA) is 53.4 Å². The zero-order chi connectivity index (χ0) is 21.3. The van der Waals surface area contributed by atoms with E-state index in [-0.39, 0.29) is 23.6 Å². The zero-order valence-corrected chi connectivity index (χ0v) is 17.4. The van der Waals surface area contributed by atoms with Crippen molar-refractivity contribution >= 4 is 23.1 Å². The number of halogens is 2. The summed E-state index contributed by atoms with van der Waals surface area (Å²) in [5, 5.41) is 8.96. The summed E-state index contributed by atoms with van der Waals surface area (Å²) in [5.74, 6) is 5.28. The molecule has 1 heterocycles. The second kappa shape index (κ2) is 11.0. The SMILES string of the molecule is N=C(CC(=O)c1ccccc1F)CC(C#CCN1CCOCC1)c1ccc(Cl)cc1. The molecule has 0 spiro atoms. The summed E-state index contributed by atoms with van der Waals surface area (Å²) >= 11 is 6.00. The van der Waals surface area contributed by atoms with Gasteiger partial charge in [-0.25, -0.2) is 4.39 Å². The minimum absolute atomic E-state index is 0.0173. The van der Waals surface area contributed by atoms with E-state index in [1.165, 1.54) is 18.2 Å². The molecule has 1 aliphatic rings. The van der Waals surface area contributed by atoms with E-state index < -0.39 is 11.6 Å². The van der Waals surface area contributed by atoms with Crippen LogP contribution in [0.4, 0.5) is 4.39 Å². The molecule has 1 saturated heterocycles. The highest BCUT2D eigenvalue weighted by Crippen LogP contribution is 2.23. The average Bonchev–Trinajstić information content (AvgIpc) is 2.74. The van der Waals surface area contributed by atoms with E-state index in [0.29, 0.717) is 31.2 Å². The van der Waals surface area contributed by atoms with Crippen LogP contribution in [0.15, 0.2) is 48.5 Å². The molecule has 0 aliphatic carbocycles. The van der Waals surface area contributed by atoms with Crippen LogP contribution in [0.3, 0.4) is 0 Å². The Kier molecular flexibility index (Phi) is 8.15. The predicted molar refractivity (Wildman–Crippen MR) is 117 cm³/mol. The normalized spacial score (nSPS) is 15.1. The molecule has 1 aliphatic heterocycles. The van der Waals surface area contributed by atoms with Gasteiger partial charge < -0.3 is 10.1 Å². The second-order valence-corrected chi connectivity index (χ2v) is 7.64. The molecule has 0 radical (unpaired) electrons. The van der Waals surface area contributed by atoms with Crippen molar-refractivity contribution in [1.82, 2.24) is 4.90 Å². The van der Waals surface area contributed by atoms with Crippen LogP contribution in [0.1, 0.15) is 34.7 Å². The molecule has 0 aromatic heterocycles. The summed E-state index contributed by atoms with van der Waals surface area (Å²) in [5.41, 5.74) is 1.18. The Hall–Kier alpha value is -2.52. The van der Waals surface area contributed by atoms with E-state index >= 15 is 0 Å². The Morgan fingerprint density at radius 1 is 1.17 bits per heavy atom.